The number of fused-ring (bicyclic) bond motifs is 2. The van der Waals surface area contributed by atoms with Gasteiger partial charge in [0.05, 0.1) is 25.6 Å². The molecular formula is C15H17N2S+. The fourth-order valence-electron chi connectivity index (χ4n) is 2.40. The molecule has 2 atom stereocenters. The summed E-state index contributed by atoms with van der Waals surface area (Å²) in [7, 11) is 4.11. The summed E-state index contributed by atoms with van der Waals surface area (Å²) in [6.07, 6.45) is 5.85. The Labute approximate surface area is 112 Å². The van der Waals surface area contributed by atoms with Gasteiger partial charge in [-0.15, -0.1) is 0 Å². The van der Waals surface area contributed by atoms with Crippen LogP contribution in [-0.4, -0.2) is 35.1 Å². The lowest BCUT2D eigenvalue weighted by atomic mass is 10.1. The van der Waals surface area contributed by atoms with Gasteiger partial charge in [-0.05, 0) is 18.6 Å². The van der Waals surface area contributed by atoms with Gasteiger partial charge in [0.25, 0.3) is 0 Å². The molecule has 1 heterocycles. The van der Waals surface area contributed by atoms with Crippen molar-refractivity contribution in [1.82, 2.24) is 9.57 Å². The number of nitrogens with zero attached hydrogens (tertiary/aromatic N) is 2. The van der Waals surface area contributed by atoms with E-state index in [1.54, 1.807) is 0 Å². The van der Waals surface area contributed by atoms with E-state index in [2.05, 4.69) is 55.4 Å². The zero-order chi connectivity index (χ0) is 12.5. The molecule has 1 aliphatic carbocycles. The van der Waals surface area contributed by atoms with Gasteiger partial charge in [-0.25, -0.2) is 4.67 Å². The van der Waals surface area contributed by atoms with Crippen molar-refractivity contribution in [2.24, 2.45) is 5.92 Å². The standard InChI is InChI=1S/C15H17N2S/c1-17(2)14(11-6-4-3-5-7-11)16-15-12-8-9-13(10-12)18-15/h3-9,12-13H,10H2,1-2H3/q+1/t12-,13+/m1/s1. The van der Waals surface area contributed by atoms with E-state index in [0.717, 1.165) is 5.84 Å². The SMILES string of the molecule is CN(C)C(=[N+]=C1S[C@H]2C=C[C@@H]1C2)c1ccccc1. The Morgan fingerprint density at radius 2 is 2.00 bits per heavy atom. The summed E-state index contributed by atoms with van der Waals surface area (Å²) >= 11 is 1.92. The normalized spacial score (nSPS) is 24.2. The molecule has 3 rings (SSSR count). The monoisotopic (exact) mass is 257 g/mol. The molecule has 3 heteroatoms. The minimum atomic E-state index is 0.554. The van der Waals surface area contributed by atoms with Crippen LogP contribution in [0.1, 0.15) is 12.0 Å². The predicted octanol–water partition coefficient (Wildman–Crippen LogP) is 2.15. The molecule has 1 aromatic rings. The Morgan fingerprint density at radius 1 is 1.22 bits per heavy atom. The molecule has 0 unspecified atom stereocenters. The summed E-state index contributed by atoms with van der Waals surface area (Å²) in [5.74, 6) is 1.61. The van der Waals surface area contributed by atoms with Crippen molar-refractivity contribution in [2.75, 3.05) is 14.1 Å². The van der Waals surface area contributed by atoms with Crippen molar-refractivity contribution in [2.45, 2.75) is 11.7 Å². The smallest absolute Gasteiger partial charge is 0.253 e. The first-order valence-corrected chi connectivity index (χ1v) is 7.15. The summed E-state index contributed by atoms with van der Waals surface area (Å²) in [6, 6.07) is 10.4. The molecule has 2 nitrogen and oxygen atoms in total. The molecule has 1 aliphatic heterocycles. The van der Waals surface area contributed by atoms with Crippen molar-refractivity contribution in [3.8, 4) is 0 Å². The second-order valence-electron chi connectivity index (χ2n) is 4.92. The van der Waals surface area contributed by atoms with Crippen LogP contribution in [-0.2, 0) is 0 Å². The zero-order valence-corrected chi connectivity index (χ0v) is 11.5. The van der Waals surface area contributed by atoms with Gasteiger partial charge in [-0.2, -0.15) is 0 Å². The van der Waals surface area contributed by atoms with Gasteiger partial charge in [0, 0.05) is 5.25 Å². The van der Waals surface area contributed by atoms with Crippen LogP contribution in [0.25, 0.3) is 0 Å². The van der Waals surface area contributed by atoms with Gasteiger partial charge in [0.2, 0.25) is 5.04 Å². The van der Waals surface area contributed by atoms with Crippen LogP contribution in [0.3, 0.4) is 0 Å². The molecule has 0 saturated carbocycles. The largest absolute Gasteiger partial charge is 0.377 e. The predicted molar refractivity (Wildman–Crippen MR) is 80.0 cm³/mol. The molecule has 0 radical (unpaired) electrons. The average molecular weight is 257 g/mol. The van der Waals surface area contributed by atoms with E-state index in [9.17, 15) is 0 Å². The van der Waals surface area contributed by atoms with E-state index in [1.165, 1.54) is 17.0 Å². The molecule has 92 valence electrons. The Kier molecular flexibility index (Phi) is 3.02. The fraction of sp³-hybridized carbons (Fsp3) is 0.333. The molecule has 0 aromatic heterocycles. The maximum Gasteiger partial charge on any atom is 0.377 e. The van der Waals surface area contributed by atoms with Crippen LogP contribution >= 0.6 is 11.8 Å². The van der Waals surface area contributed by atoms with Crippen LogP contribution < -0.4 is 4.67 Å². The fourth-order valence-corrected chi connectivity index (χ4v) is 3.67. The van der Waals surface area contributed by atoms with E-state index in [4.69, 9.17) is 4.67 Å². The molecule has 2 bridgehead atoms. The summed E-state index contributed by atoms with van der Waals surface area (Å²) in [6.45, 7) is 0. The number of rotatable bonds is 1. The lowest BCUT2D eigenvalue weighted by molar-refractivity contribution is 0.622. The molecule has 2 aliphatic rings. The Balaban J connectivity index is 2.06. The molecule has 0 spiro atoms. The highest BCUT2D eigenvalue weighted by Gasteiger charge is 2.37. The third-order valence-corrected chi connectivity index (χ3v) is 4.59. The molecular weight excluding hydrogens is 240 g/mol. The second-order valence-corrected chi connectivity index (χ2v) is 6.18. The molecule has 1 fully saturated rings. The van der Waals surface area contributed by atoms with Gasteiger partial charge in [-0.3, -0.25) is 4.90 Å². The van der Waals surface area contributed by atoms with Crippen LogP contribution in [0.4, 0.5) is 0 Å². The van der Waals surface area contributed by atoms with E-state index in [0.29, 0.717) is 11.2 Å². The van der Waals surface area contributed by atoms with Gasteiger partial charge >= 0.3 is 5.84 Å². The number of hydrogen-bond donors (Lipinski definition) is 0. The number of hydrogen-bond acceptors (Lipinski definition) is 1. The number of amidine groups is 1. The minimum Gasteiger partial charge on any atom is -0.253 e. The van der Waals surface area contributed by atoms with Gasteiger partial charge in [-0.1, -0.05) is 42.1 Å². The van der Waals surface area contributed by atoms with Crippen LogP contribution in [0, 0.1) is 5.92 Å². The van der Waals surface area contributed by atoms with Gasteiger partial charge in [0.1, 0.15) is 0 Å². The molecule has 0 amide bonds. The van der Waals surface area contributed by atoms with Crippen molar-refractivity contribution < 1.29 is 0 Å². The lowest BCUT2D eigenvalue weighted by Crippen LogP contribution is -2.27. The van der Waals surface area contributed by atoms with E-state index in [1.807, 2.05) is 17.8 Å². The first-order valence-electron chi connectivity index (χ1n) is 6.27. The van der Waals surface area contributed by atoms with Gasteiger partial charge < -0.3 is 0 Å². The van der Waals surface area contributed by atoms with E-state index in [-0.39, 0.29) is 0 Å². The zero-order valence-electron chi connectivity index (χ0n) is 10.7. The lowest BCUT2D eigenvalue weighted by Gasteiger charge is -2.05. The van der Waals surface area contributed by atoms with Crippen molar-refractivity contribution in [3.05, 3.63) is 48.0 Å². The first-order chi connectivity index (χ1) is 8.74. The minimum absolute atomic E-state index is 0.554. The third kappa shape index (κ3) is 2.12. The summed E-state index contributed by atoms with van der Waals surface area (Å²) in [5.41, 5.74) is 1.18. The van der Waals surface area contributed by atoms with E-state index >= 15 is 0 Å². The van der Waals surface area contributed by atoms with Crippen LogP contribution in [0.5, 0.6) is 0 Å². The van der Waals surface area contributed by atoms with E-state index < -0.39 is 0 Å². The highest BCUT2D eigenvalue weighted by molar-refractivity contribution is 8.15. The Bertz CT molecular complexity index is 539. The topological polar surface area (TPSA) is 17.3 Å². The quantitative estimate of drug-likeness (QED) is 0.332. The van der Waals surface area contributed by atoms with Crippen molar-refractivity contribution >= 4 is 22.6 Å². The Hall–Kier alpha value is -1.44. The molecule has 1 saturated heterocycles. The highest BCUT2D eigenvalue weighted by Crippen LogP contribution is 2.39. The van der Waals surface area contributed by atoms with Crippen molar-refractivity contribution in [3.63, 3.8) is 0 Å². The third-order valence-electron chi connectivity index (χ3n) is 3.31. The van der Waals surface area contributed by atoms with Crippen LogP contribution in [0.2, 0.25) is 0 Å². The molecule has 18 heavy (non-hydrogen) atoms. The first kappa shape index (κ1) is 11.6. The van der Waals surface area contributed by atoms with Crippen LogP contribution in [0.15, 0.2) is 42.5 Å². The summed E-state index contributed by atoms with van der Waals surface area (Å²) < 4.78 is 4.90. The molecule has 0 N–H and O–H groups in total. The number of thioether (sulfide) groups is 1. The maximum atomic E-state index is 4.90. The van der Waals surface area contributed by atoms with Crippen molar-refractivity contribution in [1.29, 1.82) is 0 Å². The summed E-state index contributed by atoms with van der Waals surface area (Å²) in [4.78, 5) is 2.10. The second kappa shape index (κ2) is 4.68. The maximum absolute atomic E-state index is 4.90. The van der Waals surface area contributed by atoms with Gasteiger partial charge in [0.15, 0.2) is 0 Å². The Morgan fingerprint density at radius 3 is 2.56 bits per heavy atom. The molecule has 1 aromatic carbocycles. The average Bonchev–Trinajstić information content (AvgIpc) is 2.98. The number of benzene rings is 1. The number of allylic oxidation sites excluding steroid dienone is 1. The summed E-state index contributed by atoms with van der Waals surface area (Å²) in [5, 5.41) is 1.93. The highest BCUT2D eigenvalue weighted by atomic mass is 32.2.